The summed E-state index contributed by atoms with van der Waals surface area (Å²) in [4.78, 5) is 27.5. The fraction of sp³-hybridized carbons (Fsp3) is 0.583. The van der Waals surface area contributed by atoms with Gasteiger partial charge in [-0.3, -0.25) is 4.79 Å². The third-order valence-corrected chi connectivity index (χ3v) is 3.13. The lowest BCUT2D eigenvalue weighted by atomic mass is 9.80. The van der Waals surface area contributed by atoms with Crippen LogP contribution in [0.5, 0.6) is 0 Å². The number of nitrogens with one attached hydrogen (secondary N) is 1. The van der Waals surface area contributed by atoms with Crippen molar-refractivity contribution < 1.29 is 14.3 Å². The maximum Gasteiger partial charge on any atom is 0.374 e. The molecule has 3 N–H and O–H groups in total. The predicted molar refractivity (Wildman–Crippen MR) is 68.5 cm³/mol. The molecule has 104 valence electrons. The zero-order chi connectivity index (χ0) is 14.0. The molecule has 7 heteroatoms. The average molecular weight is 266 g/mol. The van der Waals surface area contributed by atoms with E-state index in [1.54, 1.807) is 20.2 Å². The first-order chi connectivity index (χ1) is 9.01. The molecule has 0 radical (unpaired) electrons. The van der Waals surface area contributed by atoms with E-state index in [-0.39, 0.29) is 30.3 Å². The normalized spacial score (nSPS) is 21.6. The Kier molecular flexibility index (Phi) is 3.84. The lowest BCUT2D eigenvalue weighted by Crippen LogP contribution is -2.42. The minimum atomic E-state index is -0.504. The van der Waals surface area contributed by atoms with E-state index in [4.69, 9.17) is 10.5 Å². The minimum absolute atomic E-state index is 0.0527. The molecule has 19 heavy (non-hydrogen) atoms. The van der Waals surface area contributed by atoms with Gasteiger partial charge in [0.05, 0.1) is 6.61 Å². The van der Waals surface area contributed by atoms with Gasteiger partial charge in [0.15, 0.2) is 5.82 Å². The predicted octanol–water partition coefficient (Wildman–Crippen LogP) is 0.273. The SMILES string of the molecule is CCOC(=O)c1nc(NC(=O)C2CC(N)C2)cn1C. The molecule has 1 fully saturated rings. The van der Waals surface area contributed by atoms with Gasteiger partial charge in [0.25, 0.3) is 0 Å². The van der Waals surface area contributed by atoms with Crippen LogP contribution < -0.4 is 11.1 Å². The second-order valence-corrected chi connectivity index (χ2v) is 4.70. The molecule has 1 aliphatic carbocycles. The molecule has 0 spiro atoms. The van der Waals surface area contributed by atoms with Crippen molar-refractivity contribution in [3.8, 4) is 0 Å². The second-order valence-electron chi connectivity index (χ2n) is 4.70. The van der Waals surface area contributed by atoms with Crippen LogP contribution in [0.25, 0.3) is 0 Å². The van der Waals surface area contributed by atoms with Crippen LogP contribution in [0.4, 0.5) is 5.82 Å². The Balaban J connectivity index is 2.00. The van der Waals surface area contributed by atoms with Crippen LogP contribution in [-0.4, -0.2) is 34.1 Å². The second kappa shape index (κ2) is 5.40. The zero-order valence-corrected chi connectivity index (χ0v) is 11.0. The van der Waals surface area contributed by atoms with Gasteiger partial charge in [0.1, 0.15) is 0 Å². The Bertz CT molecular complexity index is 491. The monoisotopic (exact) mass is 266 g/mol. The highest BCUT2D eigenvalue weighted by Gasteiger charge is 2.32. The van der Waals surface area contributed by atoms with Crippen molar-refractivity contribution in [3.05, 3.63) is 12.0 Å². The van der Waals surface area contributed by atoms with E-state index >= 15 is 0 Å². The fourth-order valence-corrected chi connectivity index (χ4v) is 2.02. The topological polar surface area (TPSA) is 99.2 Å². The molecule has 1 amide bonds. The number of aromatic nitrogens is 2. The molecule has 1 aromatic heterocycles. The van der Waals surface area contributed by atoms with E-state index in [0.717, 1.165) is 0 Å². The van der Waals surface area contributed by atoms with Crippen molar-refractivity contribution in [3.63, 3.8) is 0 Å². The number of nitrogens with zero attached hydrogens (tertiary/aromatic N) is 2. The van der Waals surface area contributed by atoms with Gasteiger partial charge in [-0.05, 0) is 19.8 Å². The fourth-order valence-electron chi connectivity index (χ4n) is 2.02. The number of hydrogen-bond acceptors (Lipinski definition) is 5. The van der Waals surface area contributed by atoms with Crippen LogP contribution in [-0.2, 0) is 16.6 Å². The number of carbonyl (C=O) groups is 2. The number of nitrogens with two attached hydrogens (primary N) is 1. The molecule has 2 rings (SSSR count). The summed E-state index contributed by atoms with van der Waals surface area (Å²) in [6.45, 7) is 2.01. The summed E-state index contributed by atoms with van der Waals surface area (Å²) in [5.74, 6) is -0.132. The summed E-state index contributed by atoms with van der Waals surface area (Å²) >= 11 is 0. The maximum absolute atomic E-state index is 11.8. The zero-order valence-electron chi connectivity index (χ0n) is 11.0. The lowest BCUT2D eigenvalue weighted by Gasteiger charge is -2.30. The van der Waals surface area contributed by atoms with Crippen LogP contribution in [0.2, 0.25) is 0 Å². The van der Waals surface area contributed by atoms with Crippen LogP contribution in [0.1, 0.15) is 30.4 Å². The highest BCUT2D eigenvalue weighted by Crippen LogP contribution is 2.26. The quantitative estimate of drug-likeness (QED) is 0.762. The standard InChI is InChI=1S/C12H18N4O3/c1-3-19-12(18)10-14-9(6-16(10)2)15-11(17)7-4-8(13)5-7/h6-8H,3-5,13H2,1-2H3,(H,15,17). The molecule has 7 nitrogen and oxygen atoms in total. The van der Waals surface area contributed by atoms with E-state index in [2.05, 4.69) is 10.3 Å². The summed E-state index contributed by atoms with van der Waals surface area (Å²) in [6.07, 6.45) is 2.98. The molecule has 0 aromatic carbocycles. The Morgan fingerprint density at radius 3 is 2.84 bits per heavy atom. The smallest absolute Gasteiger partial charge is 0.374 e. The Labute approximate surface area is 111 Å². The molecule has 1 saturated carbocycles. The van der Waals surface area contributed by atoms with Gasteiger partial charge in [-0.25, -0.2) is 9.78 Å². The van der Waals surface area contributed by atoms with Gasteiger partial charge in [-0.1, -0.05) is 0 Å². The highest BCUT2D eigenvalue weighted by molar-refractivity contribution is 5.93. The molecule has 0 bridgehead atoms. The summed E-state index contributed by atoms with van der Waals surface area (Å²) < 4.78 is 6.40. The summed E-state index contributed by atoms with van der Waals surface area (Å²) in [5, 5.41) is 2.69. The van der Waals surface area contributed by atoms with Gasteiger partial charge in [0.2, 0.25) is 11.7 Å². The van der Waals surface area contributed by atoms with Crippen LogP contribution >= 0.6 is 0 Å². The Hall–Kier alpha value is -1.89. The largest absolute Gasteiger partial charge is 0.460 e. The first kappa shape index (κ1) is 13.5. The summed E-state index contributed by atoms with van der Waals surface area (Å²) in [7, 11) is 1.67. The van der Waals surface area contributed by atoms with Gasteiger partial charge >= 0.3 is 5.97 Å². The average Bonchev–Trinajstić information content (AvgIpc) is 2.66. The first-order valence-electron chi connectivity index (χ1n) is 6.28. The number of anilines is 1. The van der Waals surface area contributed by atoms with Crippen molar-refractivity contribution in [2.45, 2.75) is 25.8 Å². The van der Waals surface area contributed by atoms with E-state index < -0.39 is 5.97 Å². The van der Waals surface area contributed by atoms with Crippen LogP contribution in [0.3, 0.4) is 0 Å². The van der Waals surface area contributed by atoms with E-state index in [1.807, 2.05) is 0 Å². The van der Waals surface area contributed by atoms with Crippen molar-refractivity contribution >= 4 is 17.7 Å². The molecule has 1 aliphatic rings. The summed E-state index contributed by atoms with van der Waals surface area (Å²) in [6, 6.07) is 0.120. The number of esters is 1. The van der Waals surface area contributed by atoms with Crippen LogP contribution in [0, 0.1) is 5.92 Å². The van der Waals surface area contributed by atoms with Crippen molar-refractivity contribution in [1.29, 1.82) is 0 Å². The molecular formula is C12H18N4O3. The van der Waals surface area contributed by atoms with Crippen molar-refractivity contribution in [2.75, 3.05) is 11.9 Å². The van der Waals surface area contributed by atoms with E-state index in [0.29, 0.717) is 18.7 Å². The van der Waals surface area contributed by atoms with Crippen LogP contribution in [0.15, 0.2) is 6.20 Å². The number of imidazole rings is 1. The molecule has 1 aromatic rings. The Morgan fingerprint density at radius 2 is 2.26 bits per heavy atom. The van der Waals surface area contributed by atoms with E-state index in [1.165, 1.54) is 4.57 Å². The first-order valence-corrected chi connectivity index (χ1v) is 6.28. The number of ether oxygens (including phenoxy) is 1. The number of amides is 1. The number of aryl methyl sites for hydroxylation is 1. The number of rotatable bonds is 4. The molecular weight excluding hydrogens is 248 g/mol. The van der Waals surface area contributed by atoms with Gasteiger partial charge in [0, 0.05) is 25.2 Å². The molecule has 1 heterocycles. The molecule has 0 unspecified atom stereocenters. The molecule has 0 atom stereocenters. The third kappa shape index (κ3) is 2.93. The van der Waals surface area contributed by atoms with E-state index in [9.17, 15) is 9.59 Å². The minimum Gasteiger partial charge on any atom is -0.460 e. The molecule has 0 saturated heterocycles. The third-order valence-electron chi connectivity index (χ3n) is 3.13. The maximum atomic E-state index is 11.8. The summed E-state index contributed by atoms with van der Waals surface area (Å²) in [5.41, 5.74) is 5.64. The van der Waals surface area contributed by atoms with Gasteiger partial charge in [-0.15, -0.1) is 0 Å². The van der Waals surface area contributed by atoms with Gasteiger partial charge in [-0.2, -0.15) is 0 Å². The number of carbonyl (C=O) groups excluding carboxylic acids is 2. The highest BCUT2D eigenvalue weighted by atomic mass is 16.5. The van der Waals surface area contributed by atoms with Gasteiger partial charge < -0.3 is 20.4 Å². The van der Waals surface area contributed by atoms with Crippen molar-refractivity contribution in [2.24, 2.45) is 18.7 Å². The Morgan fingerprint density at radius 1 is 1.58 bits per heavy atom. The lowest BCUT2D eigenvalue weighted by molar-refractivity contribution is -0.122. The molecule has 0 aliphatic heterocycles. The van der Waals surface area contributed by atoms with Crippen molar-refractivity contribution in [1.82, 2.24) is 9.55 Å². The number of hydrogen-bond donors (Lipinski definition) is 2.